The fourth-order valence-electron chi connectivity index (χ4n) is 2.90. The average Bonchev–Trinajstić information content (AvgIpc) is 3.00. The Bertz CT molecular complexity index is 655. The standard InChI is InChI=1S/C18H24N2O5/c1-18(2,3)25-17(22)19-12-8-9-20(10-12)16(21)15-11-23-13-6-4-5-7-14(13)24-15/h4-7,12,15H,8-11H2,1-3H3,(H,19,22)/t12-,15?/m1/s1. The number of para-hydroxylation sites is 2. The Morgan fingerprint density at radius 3 is 2.68 bits per heavy atom. The van der Waals surface area contributed by atoms with Crippen LogP contribution in [-0.2, 0) is 9.53 Å². The fraction of sp³-hybridized carbons (Fsp3) is 0.556. The molecule has 3 rings (SSSR count). The Labute approximate surface area is 147 Å². The highest BCUT2D eigenvalue weighted by molar-refractivity contribution is 5.82. The lowest BCUT2D eigenvalue weighted by Gasteiger charge is -2.28. The van der Waals surface area contributed by atoms with Crippen LogP contribution in [0.15, 0.2) is 24.3 Å². The minimum atomic E-state index is -0.657. The number of benzene rings is 1. The molecule has 0 aliphatic carbocycles. The van der Waals surface area contributed by atoms with Gasteiger partial charge in [-0.3, -0.25) is 4.79 Å². The molecule has 2 atom stereocenters. The van der Waals surface area contributed by atoms with E-state index in [0.29, 0.717) is 31.0 Å². The molecule has 1 N–H and O–H groups in total. The van der Waals surface area contributed by atoms with Crippen molar-refractivity contribution < 1.29 is 23.8 Å². The number of rotatable bonds is 2. The molecule has 7 nitrogen and oxygen atoms in total. The maximum absolute atomic E-state index is 12.6. The molecule has 136 valence electrons. The van der Waals surface area contributed by atoms with Crippen LogP contribution >= 0.6 is 0 Å². The number of likely N-dealkylation sites (tertiary alicyclic amines) is 1. The molecule has 0 aromatic heterocycles. The number of carbonyl (C=O) groups excluding carboxylic acids is 2. The summed E-state index contributed by atoms with van der Waals surface area (Å²) < 4.78 is 16.6. The largest absolute Gasteiger partial charge is 0.485 e. The minimum absolute atomic E-state index is 0.115. The van der Waals surface area contributed by atoms with Gasteiger partial charge < -0.3 is 24.4 Å². The van der Waals surface area contributed by atoms with Gasteiger partial charge in [-0.25, -0.2) is 4.79 Å². The zero-order valence-corrected chi connectivity index (χ0v) is 14.8. The number of nitrogens with one attached hydrogen (secondary N) is 1. The van der Waals surface area contributed by atoms with Crippen molar-refractivity contribution in [1.82, 2.24) is 10.2 Å². The smallest absolute Gasteiger partial charge is 0.407 e. The first-order valence-corrected chi connectivity index (χ1v) is 8.48. The molecule has 2 heterocycles. The number of carbonyl (C=O) groups is 2. The summed E-state index contributed by atoms with van der Waals surface area (Å²) >= 11 is 0. The van der Waals surface area contributed by atoms with E-state index in [1.54, 1.807) is 11.0 Å². The van der Waals surface area contributed by atoms with Crippen molar-refractivity contribution in [2.75, 3.05) is 19.7 Å². The van der Waals surface area contributed by atoms with Crippen LogP contribution < -0.4 is 14.8 Å². The zero-order valence-electron chi connectivity index (χ0n) is 14.8. The Morgan fingerprint density at radius 1 is 1.24 bits per heavy atom. The van der Waals surface area contributed by atoms with Gasteiger partial charge in [0.15, 0.2) is 11.5 Å². The number of ether oxygens (including phenoxy) is 3. The highest BCUT2D eigenvalue weighted by Crippen LogP contribution is 2.31. The lowest BCUT2D eigenvalue weighted by Crippen LogP contribution is -2.47. The molecule has 0 saturated carbocycles. The predicted octanol–water partition coefficient (Wildman–Crippen LogP) is 1.95. The van der Waals surface area contributed by atoms with Gasteiger partial charge in [0.05, 0.1) is 6.04 Å². The second-order valence-electron chi connectivity index (χ2n) is 7.28. The third-order valence-electron chi connectivity index (χ3n) is 4.00. The summed E-state index contributed by atoms with van der Waals surface area (Å²) in [5, 5.41) is 2.81. The molecule has 2 aliphatic heterocycles. The number of fused-ring (bicyclic) bond motifs is 1. The summed E-state index contributed by atoms with van der Waals surface area (Å²) in [7, 11) is 0. The number of alkyl carbamates (subject to hydrolysis) is 1. The van der Waals surface area contributed by atoms with Gasteiger partial charge in [0, 0.05) is 13.1 Å². The van der Waals surface area contributed by atoms with Crippen molar-refractivity contribution in [2.24, 2.45) is 0 Å². The molecular weight excluding hydrogens is 324 g/mol. The van der Waals surface area contributed by atoms with Crippen LogP contribution in [0.25, 0.3) is 0 Å². The number of hydrogen-bond donors (Lipinski definition) is 1. The molecule has 1 unspecified atom stereocenters. The van der Waals surface area contributed by atoms with Gasteiger partial charge in [-0.05, 0) is 39.3 Å². The summed E-state index contributed by atoms with van der Waals surface area (Å²) in [5.74, 6) is 1.11. The topological polar surface area (TPSA) is 77.1 Å². The van der Waals surface area contributed by atoms with E-state index in [9.17, 15) is 9.59 Å². The second kappa shape index (κ2) is 6.82. The van der Waals surface area contributed by atoms with Crippen LogP contribution in [0.3, 0.4) is 0 Å². The van der Waals surface area contributed by atoms with E-state index in [2.05, 4.69) is 5.32 Å². The van der Waals surface area contributed by atoms with Crippen molar-refractivity contribution in [3.8, 4) is 11.5 Å². The second-order valence-corrected chi connectivity index (χ2v) is 7.28. The highest BCUT2D eigenvalue weighted by Gasteiger charge is 2.35. The van der Waals surface area contributed by atoms with Crippen molar-refractivity contribution in [3.05, 3.63) is 24.3 Å². The van der Waals surface area contributed by atoms with E-state index in [1.807, 2.05) is 39.0 Å². The summed E-state index contributed by atoms with van der Waals surface area (Å²) in [6.07, 6.45) is -0.428. The summed E-state index contributed by atoms with van der Waals surface area (Å²) in [6.45, 7) is 6.65. The van der Waals surface area contributed by atoms with E-state index in [-0.39, 0.29) is 18.6 Å². The maximum atomic E-state index is 12.6. The lowest BCUT2D eigenvalue weighted by molar-refractivity contribution is -0.140. The molecule has 0 spiro atoms. The van der Waals surface area contributed by atoms with Gasteiger partial charge in [0.2, 0.25) is 6.10 Å². The molecule has 25 heavy (non-hydrogen) atoms. The monoisotopic (exact) mass is 348 g/mol. The molecule has 7 heteroatoms. The molecule has 2 aliphatic rings. The van der Waals surface area contributed by atoms with Gasteiger partial charge in [0.25, 0.3) is 5.91 Å². The number of hydrogen-bond acceptors (Lipinski definition) is 5. The maximum Gasteiger partial charge on any atom is 0.407 e. The van der Waals surface area contributed by atoms with Gasteiger partial charge in [-0.2, -0.15) is 0 Å². The summed E-state index contributed by atoms with van der Waals surface area (Å²) in [5.41, 5.74) is -0.543. The zero-order chi connectivity index (χ0) is 18.0. The number of amides is 2. The first-order chi connectivity index (χ1) is 11.8. The minimum Gasteiger partial charge on any atom is -0.485 e. The van der Waals surface area contributed by atoms with Crippen molar-refractivity contribution >= 4 is 12.0 Å². The van der Waals surface area contributed by atoms with Crippen LogP contribution in [-0.4, -0.2) is 54.3 Å². The van der Waals surface area contributed by atoms with E-state index >= 15 is 0 Å². The third-order valence-corrected chi connectivity index (χ3v) is 4.00. The fourth-order valence-corrected chi connectivity index (χ4v) is 2.90. The Balaban J connectivity index is 1.52. The predicted molar refractivity (Wildman–Crippen MR) is 90.7 cm³/mol. The molecule has 1 aromatic carbocycles. The number of nitrogens with zero attached hydrogens (tertiary/aromatic N) is 1. The van der Waals surface area contributed by atoms with Crippen LogP contribution in [0.4, 0.5) is 4.79 Å². The van der Waals surface area contributed by atoms with E-state index in [4.69, 9.17) is 14.2 Å². The first kappa shape index (κ1) is 17.4. The van der Waals surface area contributed by atoms with Gasteiger partial charge >= 0.3 is 6.09 Å². The molecule has 1 aromatic rings. The lowest BCUT2D eigenvalue weighted by atomic mass is 10.2. The van der Waals surface area contributed by atoms with Crippen LogP contribution in [0.2, 0.25) is 0 Å². The molecule has 1 fully saturated rings. The van der Waals surface area contributed by atoms with Crippen LogP contribution in [0.5, 0.6) is 11.5 Å². The molecule has 1 saturated heterocycles. The average molecular weight is 348 g/mol. The molecule has 0 radical (unpaired) electrons. The van der Waals surface area contributed by atoms with Crippen LogP contribution in [0, 0.1) is 0 Å². The van der Waals surface area contributed by atoms with Crippen molar-refractivity contribution in [2.45, 2.75) is 44.9 Å². The van der Waals surface area contributed by atoms with E-state index < -0.39 is 17.8 Å². The van der Waals surface area contributed by atoms with Crippen molar-refractivity contribution in [3.63, 3.8) is 0 Å². The molecule has 0 bridgehead atoms. The molecule has 2 amide bonds. The van der Waals surface area contributed by atoms with Gasteiger partial charge in [-0.15, -0.1) is 0 Å². The Morgan fingerprint density at radius 2 is 1.96 bits per heavy atom. The molecular formula is C18H24N2O5. The quantitative estimate of drug-likeness (QED) is 0.884. The van der Waals surface area contributed by atoms with E-state index in [1.165, 1.54) is 0 Å². The van der Waals surface area contributed by atoms with Gasteiger partial charge in [-0.1, -0.05) is 12.1 Å². The SMILES string of the molecule is CC(C)(C)OC(=O)N[C@@H]1CCN(C(=O)C2COc3ccccc3O2)C1. The highest BCUT2D eigenvalue weighted by atomic mass is 16.6. The third kappa shape index (κ3) is 4.35. The summed E-state index contributed by atoms with van der Waals surface area (Å²) in [6, 6.07) is 7.18. The summed E-state index contributed by atoms with van der Waals surface area (Å²) in [4.78, 5) is 26.2. The Kier molecular flexibility index (Phi) is 4.74. The first-order valence-electron chi connectivity index (χ1n) is 8.48. The normalized spacial score (nSPS) is 22.4. The van der Waals surface area contributed by atoms with E-state index in [0.717, 1.165) is 0 Å². The Hall–Kier alpha value is -2.44. The van der Waals surface area contributed by atoms with Gasteiger partial charge in [0.1, 0.15) is 12.2 Å². The van der Waals surface area contributed by atoms with Crippen molar-refractivity contribution in [1.29, 1.82) is 0 Å². The van der Waals surface area contributed by atoms with Crippen LogP contribution in [0.1, 0.15) is 27.2 Å².